The van der Waals surface area contributed by atoms with Crippen LogP contribution in [0.25, 0.3) is 0 Å². The Morgan fingerprint density at radius 1 is 0.390 bits per heavy atom. The van der Waals surface area contributed by atoms with Crippen molar-refractivity contribution in [2.45, 2.75) is 377 Å². The molecule has 4 heterocycles. The van der Waals surface area contributed by atoms with Crippen molar-refractivity contribution >= 4 is 23.1 Å². The zero-order chi connectivity index (χ0) is 87.4. The van der Waals surface area contributed by atoms with E-state index in [9.17, 15) is 39.6 Å². The number of hydrogen-bond donors (Lipinski definition) is 4. The molecule has 4 N–H and O–H groups in total. The molecule has 16 aliphatic carbocycles. The van der Waals surface area contributed by atoms with Gasteiger partial charge in [-0.2, -0.15) is 10.2 Å². The van der Waals surface area contributed by atoms with Gasteiger partial charge in [-0.25, -0.2) is 9.97 Å². The fourth-order valence-electron chi connectivity index (χ4n) is 35.4. The lowest BCUT2D eigenvalue weighted by Gasteiger charge is -2.62. The van der Waals surface area contributed by atoms with Gasteiger partial charge in [0.15, 0.2) is 23.1 Å². The van der Waals surface area contributed by atoms with Crippen LogP contribution in [0.15, 0.2) is 49.8 Å². The average Bonchev–Trinajstić information content (AvgIpc) is 1.74. The van der Waals surface area contributed by atoms with Crippen LogP contribution in [0.3, 0.4) is 0 Å². The first-order valence-electron chi connectivity index (χ1n) is 50.0. The standard InChI is InChI=1S/C27H42N2O3.C27H38N2O2.2C26H40N2O2/c1-18-14-28-29(15-18)16-24(30)23-8-7-21-20-6-5-19-13-27(31,17-32-4)12-11-25(19,2)22(20)9-10-26(21,23)3;1-5-19-15-29(17-28-19)16-24(30)23-9-8-21-20-7-6-18-14-25(2,31)12-13-26(18,3)22(20)10-11-27(21,23)4;1-17-14-27-16-28(17)15-23(29)22-8-7-20-19-6-5-18-13-24(2,30)11-12-25(18,3)21(19)9-10-26(20,22)4;1-17-14-27-28(15-17)16-23(29)22-8-7-20-19-6-5-18-13-24(2,30)11-12-25(18,3)21(19)9-10-26(20,22)4/h14-15,19-23,31H,5-13,16-17H2,1-4H3;1,15,17-18,20-23,31H,6-14,16H2,2-4H3;14,16,18-22,30H,5-13,15H2,1-4H3;14-15,18-22,30H,5-13,16H2,1-4H3/t19-,20-,21-,22-,23+,25-,26-,27+;18-,20+,21+,22+,23-,25-,26+,27+;2*18-,19-,20-,21-,22+,24+,25-,26-/m0100/s1. The molecule has 16 fully saturated rings. The molecule has 0 spiro atoms. The van der Waals surface area contributed by atoms with Crippen LogP contribution < -0.4 is 0 Å². The van der Waals surface area contributed by atoms with E-state index >= 15 is 0 Å². The fourth-order valence-corrected chi connectivity index (χ4v) is 35.4. The summed E-state index contributed by atoms with van der Waals surface area (Å²) in [4.78, 5) is 61.8. The Morgan fingerprint density at radius 2 is 0.724 bits per heavy atom. The van der Waals surface area contributed by atoms with Crippen molar-refractivity contribution < 1.29 is 44.3 Å². The number of imidazole rings is 2. The number of nitrogens with zero attached hydrogens (tertiary/aromatic N) is 8. The predicted octanol–water partition coefficient (Wildman–Crippen LogP) is 20.0. The normalized spacial score (nSPS) is 47.0. The highest BCUT2D eigenvalue weighted by molar-refractivity contribution is 5.84. The van der Waals surface area contributed by atoms with Gasteiger partial charge in [-0.05, 0) is 428 Å². The molecule has 0 bridgehead atoms. The van der Waals surface area contributed by atoms with Gasteiger partial charge >= 0.3 is 0 Å². The lowest BCUT2D eigenvalue weighted by atomic mass is 9.44. The van der Waals surface area contributed by atoms with E-state index in [0.29, 0.717) is 131 Å². The molecule has 20 rings (SSSR count). The SMILES string of the molecule is C#Cc1cn(CC(=O)[C@H]2CC[C@H]3[C@@H]4CC[C@@H]5C[C@](C)(O)CC[C@]5(C)[C@H]4CC[C@]23C)cn1.COC[C@@]1(O)CC[C@@]2(C)[C@@H](CC[C@@H]3[C@@H]2CC[C@]2(C)[C@@H](C(=O)Cn4cc(C)cn4)CC[C@@H]32)C1.Cc1cncn1CC(=O)[C@H]1CC[C@H]2[C@@H]3CC[C@H]4C[C@](C)(O)CC[C@]4(C)[C@H]3CC[C@]12C.Cc1cnn(CC(=O)[C@H]2CC[C@H]3[C@@H]4CC[C@H]5C[C@](C)(O)CC[C@]5(C)[C@H]4CC[C@]23C)c1. The summed E-state index contributed by atoms with van der Waals surface area (Å²) in [5, 5.41) is 51.9. The number of aliphatic hydroxyl groups is 4. The number of ether oxygens (including phenoxy) is 1. The predicted molar refractivity (Wildman–Crippen MR) is 481 cm³/mol. The molecule has 0 radical (unpaired) electrons. The second-order valence-corrected chi connectivity index (χ2v) is 48.8. The summed E-state index contributed by atoms with van der Waals surface area (Å²) in [6.45, 7) is 34.3. The zero-order valence-corrected chi connectivity index (χ0v) is 78.6. The van der Waals surface area contributed by atoms with Crippen LogP contribution in [0, 0.1) is 195 Å². The second kappa shape index (κ2) is 33.1. The summed E-state index contributed by atoms with van der Waals surface area (Å²) in [6.07, 6.45) is 61.5. The Morgan fingerprint density at radius 3 is 1.04 bits per heavy atom. The van der Waals surface area contributed by atoms with E-state index in [2.05, 4.69) is 81.5 Å². The molecular formula is C106H160N8O9. The highest BCUT2D eigenvalue weighted by Crippen LogP contribution is 2.74. The van der Waals surface area contributed by atoms with E-state index in [1.807, 2.05) is 97.2 Å². The van der Waals surface area contributed by atoms with Crippen LogP contribution >= 0.6 is 0 Å². The third-order valence-electron chi connectivity index (χ3n) is 42.2. The molecule has 32 atom stereocenters. The molecule has 0 amide bonds. The number of methoxy groups -OCH3 is 1. The maximum Gasteiger partial charge on any atom is 0.157 e. The van der Waals surface area contributed by atoms with E-state index in [1.165, 1.54) is 141 Å². The van der Waals surface area contributed by atoms with Crippen molar-refractivity contribution in [3.8, 4) is 12.3 Å². The van der Waals surface area contributed by atoms with Gasteiger partial charge in [0.1, 0.15) is 5.69 Å². The molecule has 4 aromatic rings. The molecular weight excluding hydrogens is 1530 g/mol. The minimum Gasteiger partial charge on any atom is -0.390 e. The molecule has 0 saturated heterocycles. The van der Waals surface area contributed by atoms with Gasteiger partial charge in [-0.3, -0.25) is 28.5 Å². The molecule has 17 nitrogen and oxygen atoms in total. The zero-order valence-electron chi connectivity index (χ0n) is 78.6. The minimum absolute atomic E-state index is 0.136. The van der Waals surface area contributed by atoms with Crippen LogP contribution in [0.2, 0.25) is 0 Å². The van der Waals surface area contributed by atoms with Crippen molar-refractivity contribution in [2.24, 2.45) is 162 Å². The number of terminal acetylenes is 1. The van der Waals surface area contributed by atoms with Gasteiger partial charge in [0.2, 0.25) is 0 Å². The quantitative estimate of drug-likeness (QED) is 0.0862. The first-order valence-corrected chi connectivity index (χ1v) is 50.0. The Kier molecular flexibility index (Phi) is 24.1. The lowest BCUT2D eigenvalue weighted by Crippen LogP contribution is -2.56. The smallest absolute Gasteiger partial charge is 0.157 e. The largest absolute Gasteiger partial charge is 0.390 e. The summed E-state index contributed by atoms with van der Waals surface area (Å²) in [5.41, 5.74) is 3.99. The van der Waals surface area contributed by atoms with Gasteiger partial charge < -0.3 is 34.3 Å². The van der Waals surface area contributed by atoms with Crippen LogP contribution in [0.4, 0.5) is 0 Å². The van der Waals surface area contributed by atoms with E-state index in [-0.39, 0.29) is 45.3 Å². The summed E-state index contributed by atoms with van der Waals surface area (Å²) in [6, 6.07) is 0. The van der Waals surface area contributed by atoms with Crippen LogP contribution in [-0.4, -0.2) is 118 Å². The van der Waals surface area contributed by atoms with Gasteiger partial charge in [0, 0.05) is 61.3 Å². The van der Waals surface area contributed by atoms with E-state index in [0.717, 1.165) is 154 Å². The second-order valence-electron chi connectivity index (χ2n) is 48.8. The Balaban J connectivity index is 0.000000116. The monoisotopic (exact) mass is 1690 g/mol. The fraction of sp³-hybridized carbons (Fsp3) is 0.830. The number of Topliss-reactive ketones (excluding diaryl/α,β-unsaturated/α-hetero) is 4. The highest BCUT2D eigenvalue weighted by atomic mass is 16.5. The molecule has 123 heavy (non-hydrogen) atoms. The first-order chi connectivity index (χ1) is 58.1. The van der Waals surface area contributed by atoms with Gasteiger partial charge in [0.25, 0.3) is 0 Å². The Bertz CT molecular complexity index is 4560. The lowest BCUT2D eigenvalue weighted by molar-refractivity contribution is -0.164. The van der Waals surface area contributed by atoms with Crippen molar-refractivity contribution in [1.29, 1.82) is 0 Å². The summed E-state index contributed by atoms with van der Waals surface area (Å²) < 4.78 is 12.9. The van der Waals surface area contributed by atoms with Crippen molar-refractivity contribution in [2.75, 3.05) is 13.7 Å². The number of rotatable bonds is 14. The van der Waals surface area contributed by atoms with E-state index < -0.39 is 22.4 Å². The van der Waals surface area contributed by atoms with Crippen LogP contribution in [-0.2, 0) is 50.1 Å². The van der Waals surface area contributed by atoms with Crippen LogP contribution in [0.5, 0.6) is 0 Å². The molecule has 0 aromatic carbocycles. The van der Waals surface area contributed by atoms with E-state index in [4.69, 9.17) is 11.2 Å². The number of fused-ring (bicyclic) bond motifs is 20. The maximum atomic E-state index is 13.4. The molecule has 0 aliphatic heterocycles. The summed E-state index contributed by atoms with van der Waals surface area (Å²) >= 11 is 0. The van der Waals surface area contributed by atoms with Gasteiger partial charge in [-0.1, -0.05) is 55.4 Å². The number of aryl methyl sites for hydroxylation is 3. The van der Waals surface area contributed by atoms with Crippen molar-refractivity contribution in [3.63, 3.8) is 0 Å². The van der Waals surface area contributed by atoms with E-state index in [1.54, 1.807) is 19.8 Å². The number of aromatic nitrogens is 8. The number of carbonyl (C=O) groups is 4. The van der Waals surface area contributed by atoms with Crippen LogP contribution in [0.1, 0.15) is 330 Å². The van der Waals surface area contributed by atoms with Gasteiger partial charge in [0.05, 0.1) is 80.2 Å². The molecule has 16 aliphatic rings. The highest BCUT2D eigenvalue weighted by Gasteiger charge is 2.68. The minimum atomic E-state index is -0.634. The summed E-state index contributed by atoms with van der Waals surface area (Å²) in [7, 11) is 1.70. The molecule has 678 valence electrons. The van der Waals surface area contributed by atoms with Gasteiger partial charge in [-0.15, -0.1) is 6.42 Å². The number of ketones is 4. The number of hydrogen-bond acceptors (Lipinski definition) is 13. The molecule has 16 saturated carbocycles. The Labute approximate surface area is 738 Å². The van der Waals surface area contributed by atoms with Crippen molar-refractivity contribution in [1.82, 2.24) is 38.7 Å². The summed E-state index contributed by atoms with van der Waals surface area (Å²) in [5.74, 6) is 16.4. The molecule has 4 aromatic heterocycles. The third kappa shape index (κ3) is 16.1. The molecule has 17 heteroatoms. The topological polar surface area (TPSA) is 230 Å². The number of carbonyl (C=O) groups excluding carboxylic acids is 4. The average molecular weight is 1690 g/mol. The maximum absolute atomic E-state index is 13.4. The molecule has 0 unspecified atom stereocenters. The third-order valence-corrected chi connectivity index (χ3v) is 42.2. The van der Waals surface area contributed by atoms with Crippen molar-refractivity contribution in [3.05, 3.63) is 72.4 Å². The Hall–Kier alpha value is -5.12. The first kappa shape index (κ1) is 89.8.